The fourth-order valence-corrected chi connectivity index (χ4v) is 1.52. The van der Waals surface area contributed by atoms with Gasteiger partial charge in [-0.2, -0.15) is 4.91 Å². The second-order valence-electron chi connectivity index (χ2n) is 1.90. The van der Waals surface area contributed by atoms with E-state index in [9.17, 15) is 4.91 Å². The molecule has 1 aliphatic rings. The van der Waals surface area contributed by atoms with Gasteiger partial charge in [0.15, 0.2) is 0 Å². The molecule has 0 aromatic rings. The molecule has 0 saturated heterocycles. The van der Waals surface area contributed by atoms with Crippen LogP contribution in [0.15, 0.2) is 5.18 Å². The summed E-state index contributed by atoms with van der Waals surface area (Å²) in [4.78, 5) is 9.73. The van der Waals surface area contributed by atoms with Crippen LogP contribution in [0.2, 0.25) is 0 Å². The van der Waals surface area contributed by atoms with Crippen LogP contribution in [0.25, 0.3) is 0 Å². The van der Waals surface area contributed by atoms with Gasteiger partial charge in [0.25, 0.3) is 0 Å². The number of hydrogen-bond acceptors (Lipinski definition) is 2. The summed E-state index contributed by atoms with van der Waals surface area (Å²) < 4.78 is 0.523. The molecule has 0 aromatic heterocycles. The first-order valence-electron chi connectivity index (χ1n) is 2.24. The van der Waals surface area contributed by atoms with Crippen molar-refractivity contribution in [1.82, 2.24) is 0 Å². The number of alkyl halides is 1. The Morgan fingerprint density at radius 1 is 1.71 bits per heavy atom. The zero-order valence-electron chi connectivity index (χ0n) is 3.97. The molecule has 3 atom stereocenters. The zero-order valence-corrected chi connectivity index (χ0v) is 6.12. The summed E-state index contributed by atoms with van der Waals surface area (Å²) in [6.07, 6.45) is 0. The molecule has 0 heterocycles. The highest BCUT2D eigenvalue weighted by Crippen LogP contribution is 2.40. The summed E-state index contributed by atoms with van der Waals surface area (Å²) in [5.74, 6) is 0.540. The molecule has 2 nitrogen and oxygen atoms in total. The molecule has 0 spiro atoms. The van der Waals surface area contributed by atoms with Crippen molar-refractivity contribution < 1.29 is 0 Å². The van der Waals surface area contributed by atoms with Gasteiger partial charge < -0.3 is 0 Å². The van der Waals surface area contributed by atoms with Gasteiger partial charge in [-0.25, -0.2) is 0 Å². The molecule has 0 aromatic carbocycles. The van der Waals surface area contributed by atoms with E-state index in [4.69, 9.17) is 0 Å². The van der Waals surface area contributed by atoms with Gasteiger partial charge in [0.1, 0.15) is 6.04 Å². The third kappa shape index (κ3) is 0.781. The minimum absolute atomic E-state index is 0.126. The van der Waals surface area contributed by atoms with E-state index in [1.807, 2.05) is 6.92 Å². The third-order valence-corrected chi connectivity index (χ3v) is 3.22. The van der Waals surface area contributed by atoms with Crippen molar-refractivity contribution in [2.24, 2.45) is 11.1 Å². The number of nitrogens with zero attached hydrogens (tertiary/aromatic N) is 1. The number of nitroso groups, excluding NO2 is 1. The Labute approximate surface area is 55.8 Å². The molecule has 3 unspecified atom stereocenters. The maximum absolute atomic E-state index is 9.73. The maximum Gasteiger partial charge on any atom is 0.108 e. The molecule has 0 radical (unpaired) electrons. The van der Waals surface area contributed by atoms with Gasteiger partial charge >= 0.3 is 0 Å². The standard InChI is InChI=1S/C4H6INO/c1-2-3(5)4(2)6-7/h2-4H,1H3. The van der Waals surface area contributed by atoms with E-state index in [1.54, 1.807) is 0 Å². The minimum atomic E-state index is 0.126. The Morgan fingerprint density at radius 3 is 2.14 bits per heavy atom. The molecule has 7 heavy (non-hydrogen) atoms. The van der Waals surface area contributed by atoms with Gasteiger partial charge in [-0.05, 0) is 5.92 Å². The van der Waals surface area contributed by atoms with E-state index in [0.29, 0.717) is 9.84 Å². The van der Waals surface area contributed by atoms with Crippen molar-refractivity contribution in [1.29, 1.82) is 0 Å². The Kier molecular flexibility index (Phi) is 1.32. The number of hydrogen-bond donors (Lipinski definition) is 0. The number of halogens is 1. The van der Waals surface area contributed by atoms with Crippen molar-refractivity contribution in [3.05, 3.63) is 4.91 Å². The quantitative estimate of drug-likeness (QED) is 0.367. The molecule has 3 heteroatoms. The highest BCUT2D eigenvalue weighted by atomic mass is 127. The third-order valence-electron chi connectivity index (χ3n) is 1.35. The first-order chi connectivity index (χ1) is 3.27. The molecule has 1 saturated carbocycles. The van der Waals surface area contributed by atoms with Gasteiger partial charge in [0, 0.05) is 3.92 Å². The van der Waals surface area contributed by atoms with Gasteiger partial charge in [0.2, 0.25) is 0 Å². The van der Waals surface area contributed by atoms with Crippen LogP contribution in [0.3, 0.4) is 0 Å². The van der Waals surface area contributed by atoms with Crippen LogP contribution in [0.1, 0.15) is 6.92 Å². The summed E-state index contributed by atoms with van der Waals surface area (Å²) in [6.45, 7) is 2.04. The van der Waals surface area contributed by atoms with Crippen LogP contribution in [0.4, 0.5) is 0 Å². The van der Waals surface area contributed by atoms with E-state index >= 15 is 0 Å². The molecular formula is C4H6INO. The predicted octanol–water partition coefficient (Wildman–Crippen LogP) is 1.57. The summed E-state index contributed by atoms with van der Waals surface area (Å²) in [6, 6.07) is 0.126. The molecule has 0 bridgehead atoms. The lowest BCUT2D eigenvalue weighted by Crippen LogP contribution is -1.74. The minimum Gasteiger partial charge on any atom is -0.150 e. The first-order valence-corrected chi connectivity index (χ1v) is 3.48. The van der Waals surface area contributed by atoms with Gasteiger partial charge in [-0.15, -0.1) is 0 Å². The van der Waals surface area contributed by atoms with Crippen molar-refractivity contribution >= 4 is 22.6 Å². The number of rotatable bonds is 1. The van der Waals surface area contributed by atoms with Crippen molar-refractivity contribution in [2.45, 2.75) is 16.9 Å². The predicted molar refractivity (Wildman–Crippen MR) is 36.6 cm³/mol. The smallest absolute Gasteiger partial charge is 0.108 e. The lowest BCUT2D eigenvalue weighted by Gasteiger charge is -1.66. The summed E-state index contributed by atoms with van der Waals surface area (Å²) in [7, 11) is 0. The molecule has 1 fully saturated rings. The monoisotopic (exact) mass is 211 g/mol. The highest BCUT2D eigenvalue weighted by Gasteiger charge is 2.46. The largest absolute Gasteiger partial charge is 0.150 e. The SMILES string of the molecule is CC1C(I)C1N=O. The average Bonchev–Trinajstić information content (AvgIpc) is 2.17. The van der Waals surface area contributed by atoms with E-state index in [1.165, 1.54) is 0 Å². The zero-order chi connectivity index (χ0) is 5.44. The van der Waals surface area contributed by atoms with Crippen LogP contribution in [0.5, 0.6) is 0 Å². The van der Waals surface area contributed by atoms with Gasteiger partial charge in [0.05, 0.1) is 0 Å². The molecular weight excluding hydrogens is 205 g/mol. The Bertz CT molecular complexity index is 87.7. The van der Waals surface area contributed by atoms with E-state index in [2.05, 4.69) is 27.8 Å². The van der Waals surface area contributed by atoms with E-state index in [-0.39, 0.29) is 6.04 Å². The van der Waals surface area contributed by atoms with E-state index in [0.717, 1.165) is 0 Å². The van der Waals surface area contributed by atoms with Gasteiger partial charge in [-0.3, -0.25) is 0 Å². The van der Waals surface area contributed by atoms with Crippen LogP contribution >= 0.6 is 22.6 Å². The van der Waals surface area contributed by atoms with Gasteiger partial charge in [-0.1, -0.05) is 34.7 Å². The van der Waals surface area contributed by atoms with Crippen molar-refractivity contribution in [3.63, 3.8) is 0 Å². The van der Waals surface area contributed by atoms with Crippen molar-refractivity contribution in [3.8, 4) is 0 Å². The Balaban J connectivity index is 2.37. The maximum atomic E-state index is 9.73. The second kappa shape index (κ2) is 1.69. The first kappa shape index (κ1) is 5.47. The second-order valence-corrected chi connectivity index (χ2v) is 3.34. The molecule has 1 aliphatic carbocycles. The molecule has 0 amide bonds. The molecule has 0 aliphatic heterocycles. The lowest BCUT2D eigenvalue weighted by atomic mass is 10.5. The van der Waals surface area contributed by atoms with Crippen LogP contribution in [0, 0.1) is 10.8 Å². The molecule has 0 N–H and O–H groups in total. The topological polar surface area (TPSA) is 29.4 Å². The van der Waals surface area contributed by atoms with Crippen molar-refractivity contribution in [2.75, 3.05) is 0 Å². The highest BCUT2D eigenvalue weighted by molar-refractivity contribution is 14.1. The summed E-state index contributed by atoms with van der Waals surface area (Å²) >= 11 is 2.25. The fourth-order valence-electron chi connectivity index (χ4n) is 0.548. The molecule has 40 valence electrons. The Hall–Kier alpha value is 0.330. The molecule has 1 rings (SSSR count). The average molecular weight is 211 g/mol. The normalized spacial score (nSPS) is 48.6. The van der Waals surface area contributed by atoms with E-state index < -0.39 is 0 Å². The van der Waals surface area contributed by atoms with Crippen LogP contribution in [-0.4, -0.2) is 9.97 Å². The van der Waals surface area contributed by atoms with Crippen LogP contribution < -0.4 is 0 Å². The summed E-state index contributed by atoms with van der Waals surface area (Å²) in [5, 5.41) is 2.90. The van der Waals surface area contributed by atoms with Crippen LogP contribution in [-0.2, 0) is 0 Å². The Morgan fingerprint density at radius 2 is 2.14 bits per heavy atom. The fraction of sp³-hybridized carbons (Fsp3) is 1.00. The summed E-state index contributed by atoms with van der Waals surface area (Å²) in [5.41, 5.74) is 0. The lowest BCUT2D eigenvalue weighted by molar-refractivity contribution is 0.890.